The topological polar surface area (TPSA) is 17.1 Å². The van der Waals surface area contributed by atoms with Crippen molar-refractivity contribution in [1.82, 2.24) is 0 Å². The van der Waals surface area contributed by atoms with Gasteiger partial charge in [-0.15, -0.1) is 0 Å². The molecule has 0 heterocycles. The first-order valence-corrected chi connectivity index (χ1v) is 7.40. The minimum atomic E-state index is 0.279. The monoisotopic (exact) mass is 250 g/mol. The molecule has 0 bridgehead atoms. The van der Waals surface area contributed by atoms with E-state index in [0.29, 0.717) is 5.75 Å². The van der Waals surface area contributed by atoms with E-state index in [9.17, 15) is 4.79 Å². The first-order chi connectivity index (χ1) is 8.06. The number of ketones is 1. The molecule has 0 spiro atoms. The van der Waals surface area contributed by atoms with E-state index in [1.165, 1.54) is 18.4 Å². The zero-order chi connectivity index (χ0) is 12.8. The molecule has 0 saturated carbocycles. The molecule has 17 heavy (non-hydrogen) atoms. The quantitative estimate of drug-likeness (QED) is 0.552. The number of aryl methyl sites for hydroxylation is 3. The van der Waals surface area contributed by atoms with E-state index in [4.69, 9.17) is 0 Å². The van der Waals surface area contributed by atoms with Crippen LogP contribution in [0.4, 0.5) is 0 Å². The first kappa shape index (κ1) is 14.3. The number of hydrogen-bond acceptors (Lipinski definition) is 2. The van der Waals surface area contributed by atoms with E-state index in [0.717, 1.165) is 22.4 Å². The summed E-state index contributed by atoms with van der Waals surface area (Å²) in [5.74, 6) is 1.98. The third kappa shape index (κ3) is 4.19. The smallest absolute Gasteiger partial charge is 0.173 e. The Morgan fingerprint density at radius 3 is 2.29 bits per heavy atom. The molecule has 0 N–H and O–H groups in total. The van der Waals surface area contributed by atoms with Crippen LogP contribution in [0, 0.1) is 20.8 Å². The molecule has 2 heteroatoms. The molecule has 0 atom stereocenters. The fraction of sp³-hybridized carbons (Fsp3) is 0.533. The number of carbonyl (C=O) groups is 1. The minimum absolute atomic E-state index is 0.279. The van der Waals surface area contributed by atoms with Gasteiger partial charge in [0.05, 0.1) is 5.75 Å². The van der Waals surface area contributed by atoms with Gasteiger partial charge in [0.2, 0.25) is 0 Å². The van der Waals surface area contributed by atoms with Crippen molar-refractivity contribution in [3.8, 4) is 0 Å². The minimum Gasteiger partial charge on any atom is -0.293 e. The number of Topliss-reactive ketones (excluding diaryl/α,β-unsaturated/α-hetero) is 1. The van der Waals surface area contributed by atoms with Gasteiger partial charge in [-0.1, -0.05) is 31.0 Å². The second kappa shape index (κ2) is 6.85. The number of unbranched alkanes of at least 4 members (excludes halogenated alkanes) is 1. The molecule has 0 fully saturated rings. The average Bonchev–Trinajstić information content (AvgIpc) is 2.23. The van der Waals surface area contributed by atoms with Gasteiger partial charge in [0.1, 0.15) is 0 Å². The maximum absolute atomic E-state index is 12.1. The SMILES string of the molecule is CCCCSCC(=O)c1c(C)cc(C)cc1C. The van der Waals surface area contributed by atoms with Gasteiger partial charge in [-0.05, 0) is 44.1 Å². The molecule has 0 aliphatic rings. The molecule has 0 aliphatic heterocycles. The maximum Gasteiger partial charge on any atom is 0.173 e. The molecule has 1 rings (SSSR count). The van der Waals surface area contributed by atoms with Crippen molar-refractivity contribution < 1.29 is 4.79 Å². The van der Waals surface area contributed by atoms with E-state index < -0.39 is 0 Å². The third-order valence-electron chi connectivity index (χ3n) is 2.83. The number of rotatable bonds is 6. The molecular formula is C15H22OS. The molecule has 0 radical (unpaired) electrons. The number of carbonyl (C=O) groups excluding carboxylic acids is 1. The van der Waals surface area contributed by atoms with E-state index >= 15 is 0 Å². The van der Waals surface area contributed by atoms with Crippen LogP contribution in [0.15, 0.2) is 12.1 Å². The second-order valence-electron chi connectivity index (χ2n) is 4.60. The molecule has 94 valence electrons. The summed E-state index contributed by atoms with van der Waals surface area (Å²) in [6.45, 7) is 8.31. The van der Waals surface area contributed by atoms with Gasteiger partial charge in [-0.25, -0.2) is 0 Å². The first-order valence-electron chi connectivity index (χ1n) is 6.25. The predicted molar refractivity (Wildman–Crippen MR) is 77.2 cm³/mol. The Kier molecular flexibility index (Phi) is 5.76. The Balaban J connectivity index is 2.69. The Morgan fingerprint density at radius 1 is 1.18 bits per heavy atom. The predicted octanol–water partition coefficient (Wildman–Crippen LogP) is 4.33. The van der Waals surface area contributed by atoms with Gasteiger partial charge < -0.3 is 0 Å². The normalized spacial score (nSPS) is 10.6. The number of benzene rings is 1. The van der Waals surface area contributed by atoms with Gasteiger partial charge >= 0.3 is 0 Å². The highest BCUT2D eigenvalue weighted by molar-refractivity contribution is 7.99. The molecule has 0 aromatic heterocycles. The van der Waals surface area contributed by atoms with Gasteiger partial charge in [0.15, 0.2) is 5.78 Å². The lowest BCUT2D eigenvalue weighted by Gasteiger charge is -2.10. The lowest BCUT2D eigenvalue weighted by atomic mass is 9.97. The van der Waals surface area contributed by atoms with Crippen molar-refractivity contribution >= 4 is 17.5 Å². The van der Waals surface area contributed by atoms with Crippen LogP contribution in [0.25, 0.3) is 0 Å². The third-order valence-corrected chi connectivity index (χ3v) is 3.87. The van der Waals surface area contributed by atoms with Crippen molar-refractivity contribution in [1.29, 1.82) is 0 Å². The average molecular weight is 250 g/mol. The Morgan fingerprint density at radius 2 is 1.76 bits per heavy atom. The van der Waals surface area contributed by atoms with Gasteiger partial charge in [-0.2, -0.15) is 11.8 Å². The van der Waals surface area contributed by atoms with Crippen molar-refractivity contribution in [2.45, 2.75) is 40.5 Å². The largest absolute Gasteiger partial charge is 0.293 e. The Hall–Kier alpha value is -0.760. The molecular weight excluding hydrogens is 228 g/mol. The van der Waals surface area contributed by atoms with Crippen molar-refractivity contribution in [3.63, 3.8) is 0 Å². The van der Waals surface area contributed by atoms with Crippen LogP contribution >= 0.6 is 11.8 Å². The lowest BCUT2D eigenvalue weighted by molar-refractivity contribution is 0.102. The van der Waals surface area contributed by atoms with E-state index in [1.54, 1.807) is 11.8 Å². The van der Waals surface area contributed by atoms with Crippen LogP contribution in [0.5, 0.6) is 0 Å². The Bertz CT molecular complexity index is 373. The second-order valence-corrected chi connectivity index (χ2v) is 5.71. The molecule has 0 aliphatic carbocycles. The van der Waals surface area contributed by atoms with Gasteiger partial charge in [0.25, 0.3) is 0 Å². The van der Waals surface area contributed by atoms with Crippen LogP contribution in [-0.2, 0) is 0 Å². The number of thioether (sulfide) groups is 1. The molecule has 0 saturated heterocycles. The van der Waals surface area contributed by atoms with Crippen molar-refractivity contribution in [3.05, 3.63) is 34.4 Å². The van der Waals surface area contributed by atoms with Crippen LogP contribution in [0.2, 0.25) is 0 Å². The molecule has 1 aromatic carbocycles. The fourth-order valence-electron chi connectivity index (χ4n) is 2.10. The summed E-state index contributed by atoms with van der Waals surface area (Å²) in [6, 6.07) is 4.19. The number of hydrogen-bond donors (Lipinski definition) is 0. The van der Waals surface area contributed by atoms with Gasteiger partial charge in [0, 0.05) is 5.56 Å². The highest BCUT2D eigenvalue weighted by Crippen LogP contribution is 2.19. The Labute approximate surface area is 109 Å². The summed E-state index contributed by atoms with van der Waals surface area (Å²) < 4.78 is 0. The molecule has 1 nitrogen and oxygen atoms in total. The summed E-state index contributed by atoms with van der Waals surface area (Å²) in [5.41, 5.74) is 4.39. The molecule has 0 unspecified atom stereocenters. The van der Waals surface area contributed by atoms with E-state index in [1.807, 2.05) is 13.8 Å². The molecule has 1 aromatic rings. The fourth-order valence-corrected chi connectivity index (χ4v) is 3.07. The van der Waals surface area contributed by atoms with E-state index in [-0.39, 0.29) is 5.78 Å². The zero-order valence-corrected chi connectivity index (χ0v) is 12.1. The van der Waals surface area contributed by atoms with Crippen LogP contribution in [-0.4, -0.2) is 17.3 Å². The summed E-state index contributed by atoms with van der Waals surface area (Å²) in [4.78, 5) is 12.1. The van der Waals surface area contributed by atoms with Crippen LogP contribution in [0.1, 0.15) is 46.8 Å². The molecule has 0 amide bonds. The standard InChI is InChI=1S/C15H22OS/c1-5-6-7-17-10-14(16)15-12(3)8-11(2)9-13(15)4/h8-9H,5-7,10H2,1-4H3. The highest BCUT2D eigenvalue weighted by Gasteiger charge is 2.12. The highest BCUT2D eigenvalue weighted by atomic mass is 32.2. The summed E-state index contributed by atoms with van der Waals surface area (Å²) in [6.07, 6.45) is 2.40. The lowest BCUT2D eigenvalue weighted by Crippen LogP contribution is -2.08. The zero-order valence-electron chi connectivity index (χ0n) is 11.3. The van der Waals surface area contributed by atoms with Crippen molar-refractivity contribution in [2.24, 2.45) is 0 Å². The summed E-state index contributed by atoms with van der Waals surface area (Å²) in [7, 11) is 0. The maximum atomic E-state index is 12.1. The summed E-state index contributed by atoms with van der Waals surface area (Å²) in [5, 5.41) is 0. The van der Waals surface area contributed by atoms with Crippen molar-refractivity contribution in [2.75, 3.05) is 11.5 Å². The van der Waals surface area contributed by atoms with Gasteiger partial charge in [-0.3, -0.25) is 4.79 Å². The summed E-state index contributed by atoms with van der Waals surface area (Å²) >= 11 is 1.75. The van der Waals surface area contributed by atoms with E-state index in [2.05, 4.69) is 26.0 Å². The van der Waals surface area contributed by atoms with Crippen LogP contribution in [0.3, 0.4) is 0 Å². The van der Waals surface area contributed by atoms with Crippen LogP contribution < -0.4 is 0 Å².